The summed E-state index contributed by atoms with van der Waals surface area (Å²) in [5.41, 5.74) is 2.65. The number of nitrogens with zero attached hydrogens (tertiary/aromatic N) is 1. The van der Waals surface area contributed by atoms with Crippen molar-refractivity contribution in [2.45, 2.75) is 67.9 Å². The highest BCUT2D eigenvalue weighted by molar-refractivity contribution is 5.65. The average Bonchev–Trinajstić information content (AvgIpc) is 3.47. The number of phenolic OH excluding ortho intramolecular Hbond substituents is 1. The second-order valence-corrected chi connectivity index (χ2v) is 9.32. The summed E-state index contributed by atoms with van der Waals surface area (Å²) in [6, 6.07) is 5.12. The summed E-state index contributed by atoms with van der Waals surface area (Å²) in [6.45, 7) is 2.42. The molecule has 0 aromatic heterocycles. The fourth-order valence-corrected chi connectivity index (χ4v) is 7.38. The Labute approximate surface area is 147 Å². The van der Waals surface area contributed by atoms with Crippen molar-refractivity contribution in [2.75, 3.05) is 0 Å². The molecule has 2 bridgehead atoms. The quantitative estimate of drug-likeness (QED) is 0.641. The summed E-state index contributed by atoms with van der Waals surface area (Å²) in [5.74, 6) is 2.15. The van der Waals surface area contributed by atoms with Gasteiger partial charge in [0.05, 0.1) is 0 Å². The van der Waals surface area contributed by atoms with E-state index >= 15 is 0 Å². The zero-order valence-electron chi connectivity index (χ0n) is 14.4. The number of hydrogen-bond donors (Lipinski definition) is 2. The summed E-state index contributed by atoms with van der Waals surface area (Å²) >= 11 is 0. The van der Waals surface area contributed by atoms with Gasteiger partial charge in [-0.15, -0.1) is 0 Å². The van der Waals surface area contributed by atoms with Crippen LogP contribution in [-0.4, -0.2) is 44.9 Å². The molecule has 1 aromatic rings. The summed E-state index contributed by atoms with van der Waals surface area (Å²) in [5, 5.41) is 21.0. The molecule has 0 radical (unpaired) electrons. The predicted octanol–water partition coefficient (Wildman–Crippen LogP) is 2.12. The number of phenols is 1. The van der Waals surface area contributed by atoms with E-state index in [1.165, 1.54) is 24.0 Å². The van der Waals surface area contributed by atoms with Gasteiger partial charge in [-0.1, -0.05) is 18.2 Å². The van der Waals surface area contributed by atoms with Crippen LogP contribution in [-0.2, 0) is 11.8 Å². The van der Waals surface area contributed by atoms with Crippen LogP contribution >= 0.6 is 0 Å². The SMILES string of the molecule is CC(C1CC1)N1C2C3C=CC(O)C4Oc5c(O)ccc6c5C34CC21C6. The first-order valence-electron chi connectivity index (χ1n) is 9.75. The smallest absolute Gasteiger partial charge is 0.165 e. The average molecular weight is 337 g/mol. The summed E-state index contributed by atoms with van der Waals surface area (Å²) in [7, 11) is 0. The Hall–Kier alpha value is -1.52. The van der Waals surface area contributed by atoms with Crippen LogP contribution in [0.2, 0.25) is 0 Å². The molecule has 1 saturated heterocycles. The molecular formula is C21H23NO3. The zero-order chi connectivity index (χ0) is 16.7. The Bertz CT molecular complexity index is 861. The molecular weight excluding hydrogens is 314 g/mol. The van der Waals surface area contributed by atoms with Crippen molar-refractivity contribution in [1.82, 2.24) is 4.90 Å². The number of aliphatic hydroxyl groups excluding tert-OH is 1. The lowest BCUT2D eigenvalue weighted by Crippen LogP contribution is -2.55. The maximum Gasteiger partial charge on any atom is 0.165 e. The topological polar surface area (TPSA) is 52.7 Å². The molecule has 2 N–H and O–H groups in total. The monoisotopic (exact) mass is 337 g/mol. The minimum Gasteiger partial charge on any atom is -0.504 e. The Kier molecular flexibility index (Phi) is 2.06. The molecule has 8 atom stereocenters. The number of aromatic hydroxyl groups is 1. The van der Waals surface area contributed by atoms with Gasteiger partial charge in [0.1, 0.15) is 12.2 Å². The maximum absolute atomic E-state index is 10.7. The molecule has 2 aliphatic heterocycles. The van der Waals surface area contributed by atoms with E-state index in [2.05, 4.69) is 24.0 Å². The third-order valence-corrected chi connectivity index (χ3v) is 8.34. The molecule has 2 heterocycles. The molecule has 4 aliphatic carbocycles. The molecule has 4 heteroatoms. The first kappa shape index (κ1) is 13.7. The second-order valence-electron chi connectivity index (χ2n) is 9.32. The van der Waals surface area contributed by atoms with Gasteiger partial charge in [0.2, 0.25) is 0 Å². The van der Waals surface area contributed by atoms with Crippen molar-refractivity contribution in [2.24, 2.45) is 11.8 Å². The number of rotatable bonds is 2. The number of fused-ring (bicyclic) bond motifs is 1. The highest BCUT2D eigenvalue weighted by atomic mass is 16.5. The molecule has 3 fully saturated rings. The van der Waals surface area contributed by atoms with Gasteiger partial charge >= 0.3 is 0 Å². The molecule has 6 aliphatic rings. The molecule has 25 heavy (non-hydrogen) atoms. The van der Waals surface area contributed by atoms with Gasteiger partial charge in [0.25, 0.3) is 0 Å². The summed E-state index contributed by atoms with van der Waals surface area (Å²) < 4.78 is 6.22. The van der Waals surface area contributed by atoms with E-state index in [0.29, 0.717) is 23.8 Å². The van der Waals surface area contributed by atoms with Crippen molar-refractivity contribution in [3.05, 3.63) is 35.4 Å². The highest BCUT2D eigenvalue weighted by Gasteiger charge is 2.82. The highest BCUT2D eigenvalue weighted by Crippen LogP contribution is 2.75. The third-order valence-electron chi connectivity index (χ3n) is 8.34. The molecule has 130 valence electrons. The lowest BCUT2D eigenvalue weighted by Gasteiger charge is -2.46. The minimum atomic E-state index is -0.585. The number of aliphatic hydroxyl groups is 1. The Morgan fingerprint density at radius 2 is 2.12 bits per heavy atom. The third kappa shape index (κ3) is 1.26. The van der Waals surface area contributed by atoms with E-state index in [0.717, 1.165) is 18.8 Å². The van der Waals surface area contributed by atoms with Gasteiger partial charge in [-0.05, 0) is 50.2 Å². The molecule has 7 rings (SSSR count). The number of hydrogen-bond acceptors (Lipinski definition) is 4. The number of ether oxygens (including phenoxy) is 1. The van der Waals surface area contributed by atoms with Crippen LogP contribution < -0.4 is 4.74 Å². The van der Waals surface area contributed by atoms with Gasteiger partial charge in [0.15, 0.2) is 11.5 Å². The van der Waals surface area contributed by atoms with Crippen molar-refractivity contribution in [3.8, 4) is 11.5 Å². The van der Waals surface area contributed by atoms with Gasteiger partial charge in [-0.3, -0.25) is 4.90 Å². The van der Waals surface area contributed by atoms with Gasteiger partial charge in [-0.2, -0.15) is 0 Å². The fraction of sp³-hybridized carbons (Fsp3) is 0.619. The van der Waals surface area contributed by atoms with E-state index in [9.17, 15) is 10.2 Å². The number of likely N-dealkylation sites (tertiary alicyclic amines) is 1. The van der Waals surface area contributed by atoms with E-state index < -0.39 is 6.10 Å². The van der Waals surface area contributed by atoms with Crippen LogP contribution in [0.25, 0.3) is 0 Å². The van der Waals surface area contributed by atoms with Crippen LogP contribution in [0.3, 0.4) is 0 Å². The summed E-state index contributed by atoms with van der Waals surface area (Å²) in [6.07, 6.45) is 8.28. The lowest BCUT2D eigenvalue weighted by molar-refractivity contribution is -0.00305. The van der Waals surface area contributed by atoms with Crippen LogP contribution in [0, 0.1) is 11.8 Å². The van der Waals surface area contributed by atoms with Crippen molar-refractivity contribution in [3.63, 3.8) is 0 Å². The molecule has 8 unspecified atom stereocenters. The van der Waals surface area contributed by atoms with Crippen molar-refractivity contribution >= 4 is 0 Å². The second kappa shape index (κ2) is 3.77. The fourth-order valence-electron chi connectivity index (χ4n) is 7.38. The largest absolute Gasteiger partial charge is 0.504 e. The Balaban J connectivity index is 1.46. The summed E-state index contributed by atoms with van der Waals surface area (Å²) in [4.78, 5) is 2.80. The Morgan fingerprint density at radius 3 is 2.92 bits per heavy atom. The van der Waals surface area contributed by atoms with Gasteiger partial charge < -0.3 is 14.9 Å². The molecule has 4 nitrogen and oxygen atoms in total. The minimum absolute atomic E-state index is 0.139. The van der Waals surface area contributed by atoms with Crippen LogP contribution in [0.15, 0.2) is 24.3 Å². The predicted molar refractivity (Wildman–Crippen MR) is 91.7 cm³/mol. The van der Waals surface area contributed by atoms with Crippen LogP contribution in [0.1, 0.15) is 37.3 Å². The first-order chi connectivity index (χ1) is 12.1. The van der Waals surface area contributed by atoms with Crippen molar-refractivity contribution in [1.29, 1.82) is 0 Å². The lowest BCUT2D eigenvalue weighted by atomic mass is 9.60. The maximum atomic E-state index is 10.7. The van der Waals surface area contributed by atoms with E-state index in [1.807, 2.05) is 6.08 Å². The van der Waals surface area contributed by atoms with E-state index in [-0.39, 0.29) is 22.8 Å². The van der Waals surface area contributed by atoms with Gasteiger partial charge in [-0.25, -0.2) is 0 Å². The Morgan fingerprint density at radius 1 is 1.28 bits per heavy atom. The van der Waals surface area contributed by atoms with Crippen LogP contribution in [0.4, 0.5) is 0 Å². The molecule has 2 saturated carbocycles. The normalized spacial score (nSPS) is 50.9. The van der Waals surface area contributed by atoms with E-state index in [1.54, 1.807) is 6.07 Å². The van der Waals surface area contributed by atoms with Crippen molar-refractivity contribution < 1.29 is 14.9 Å². The molecule has 2 spiro atoms. The molecule has 1 aromatic carbocycles. The van der Waals surface area contributed by atoms with Gasteiger partial charge in [0, 0.05) is 34.5 Å². The first-order valence-corrected chi connectivity index (χ1v) is 9.75. The number of benzene rings is 1. The number of piperidine rings is 1. The molecule has 0 amide bonds. The van der Waals surface area contributed by atoms with E-state index in [4.69, 9.17) is 4.74 Å². The zero-order valence-corrected chi connectivity index (χ0v) is 14.4. The standard InChI is InChI=1S/C21H23NO3/c1-10(11-2-3-11)22-18-13-5-7-15(24)19-21(13)9-20(18,22)8-12-4-6-14(23)17(25-19)16(12)21/h4-7,10-11,13,15,18-19,23-24H,2-3,8-9H2,1H3. The van der Waals surface area contributed by atoms with Crippen LogP contribution in [0.5, 0.6) is 11.5 Å².